The molecule has 0 saturated heterocycles. The zero-order chi connectivity index (χ0) is 11.8. The highest BCUT2D eigenvalue weighted by Crippen LogP contribution is 2.30. The Morgan fingerprint density at radius 2 is 2.19 bits per heavy atom. The number of nitrogens with zero attached hydrogens (tertiary/aromatic N) is 1. The van der Waals surface area contributed by atoms with Gasteiger partial charge in [0.05, 0.1) is 12.4 Å². The van der Waals surface area contributed by atoms with Crippen molar-refractivity contribution in [2.45, 2.75) is 18.1 Å². The molecule has 5 nitrogen and oxygen atoms in total. The van der Waals surface area contributed by atoms with Crippen molar-refractivity contribution in [1.29, 1.82) is 0 Å². The number of sulfonamides is 1. The van der Waals surface area contributed by atoms with Crippen LogP contribution in [-0.2, 0) is 10.0 Å². The van der Waals surface area contributed by atoms with Crippen LogP contribution in [0.15, 0.2) is 16.7 Å². The maximum Gasteiger partial charge on any atom is 0.236 e. The molecule has 2 rings (SSSR count). The van der Waals surface area contributed by atoms with Crippen LogP contribution in [0.1, 0.15) is 12.8 Å². The van der Waals surface area contributed by atoms with E-state index < -0.39 is 10.0 Å². The Morgan fingerprint density at radius 3 is 2.69 bits per heavy atom. The number of hydrogen-bond donors (Lipinski definition) is 1. The predicted molar refractivity (Wildman–Crippen MR) is 64.1 cm³/mol. The topological polar surface area (TPSA) is 68.3 Å². The van der Waals surface area contributed by atoms with Gasteiger partial charge in [0.15, 0.2) is 5.75 Å². The predicted octanol–water partition coefficient (Wildman–Crippen LogP) is 1.76. The summed E-state index contributed by atoms with van der Waals surface area (Å²) >= 11 is 3.20. The summed E-state index contributed by atoms with van der Waals surface area (Å²) in [5, 5.41) is -0.254. The van der Waals surface area contributed by atoms with Gasteiger partial charge >= 0.3 is 0 Å². The number of aromatic nitrogens is 1. The number of nitrogens with one attached hydrogen (secondary N) is 1. The van der Waals surface area contributed by atoms with Crippen LogP contribution in [0, 0.1) is 0 Å². The first-order valence-corrected chi connectivity index (χ1v) is 7.09. The van der Waals surface area contributed by atoms with E-state index in [-0.39, 0.29) is 5.25 Å². The van der Waals surface area contributed by atoms with Gasteiger partial charge in [0, 0.05) is 0 Å². The Morgan fingerprint density at radius 1 is 1.50 bits per heavy atom. The number of rotatable bonds is 4. The summed E-state index contributed by atoms with van der Waals surface area (Å²) < 4.78 is 31.2. The lowest BCUT2D eigenvalue weighted by Gasteiger charge is -2.08. The second-order valence-electron chi connectivity index (χ2n) is 3.54. The number of pyridine rings is 1. The van der Waals surface area contributed by atoms with Crippen LogP contribution in [0.4, 0.5) is 5.82 Å². The molecule has 0 spiro atoms. The zero-order valence-electron chi connectivity index (χ0n) is 8.60. The van der Waals surface area contributed by atoms with Crippen LogP contribution >= 0.6 is 15.9 Å². The van der Waals surface area contributed by atoms with Crippen molar-refractivity contribution < 1.29 is 13.2 Å². The van der Waals surface area contributed by atoms with Crippen molar-refractivity contribution in [3.05, 3.63) is 16.7 Å². The molecule has 0 aliphatic heterocycles. The Kier molecular flexibility index (Phi) is 3.07. The van der Waals surface area contributed by atoms with Gasteiger partial charge in [-0.3, -0.25) is 4.72 Å². The lowest BCUT2D eigenvalue weighted by atomic mass is 10.4. The minimum Gasteiger partial charge on any atom is -0.494 e. The molecule has 1 aromatic rings. The summed E-state index contributed by atoms with van der Waals surface area (Å²) in [6.07, 6.45) is 1.46. The van der Waals surface area contributed by atoms with Crippen LogP contribution in [0.25, 0.3) is 0 Å². The second kappa shape index (κ2) is 4.21. The van der Waals surface area contributed by atoms with Crippen LogP contribution in [0.3, 0.4) is 0 Å². The van der Waals surface area contributed by atoms with Crippen molar-refractivity contribution in [2.24, 2.45) is 0 Å². The molecule has 1 saturated carbocycles. The first-order valence-electron chi connectivity index (χ1n) is 4.75. The average molecular weight is 307 g/mol. The molecule has 0 radical (unpaired) electrons. The first-order chi connectivity index (χ1) is 7.53. The first kappa shape index (κ1) is 11.7. The largest absolute Gasteiger partial charge is 0.494 e. The average Bonchev–Trinajstić information content (AvgIpc) is 3.00. The molecule has 1 aliphatic rings. The van der Waals surface area contributed by atoms with Crippen LogP contribution in [-0.4, -0.2) is 25.8 Å². The molecule has 0 amide bonds. The maximum atomic E-state index is 11.6. The van der Waals surface area contributed by atoms with Crippen LogP contribution < -0.4 is 9.46 Å². The smallest absolute Gasteiger partial charge is 0.236 e. The van der Waals surface area contributed by atoms with E-state index in [4.69, 9.17) is 4.74 Å². The van der Waals surface area contributed by atoms with E-state index in [1.165, 1.54) is 7.11 Å². The van der Waals surface area contributed by atoms with Gasteiger partial charge in [0.2, 0.25) is 10.0 Å². The third-order valence-electron chi connectivity index (χ3n) is 2.24. The highest BCUT2D eigenvalue weighted by atomic mass is 79.9. The summed E-state index contributed by atoms with van der Waals surface area (Å²) in [6.45, 7) is 0. The Bertz CT molecular complexity index is 499. The molecule has 88 valence electrons. The van der Waals surface area contributed by atoms with E-state index in [0.29, 0.717) is 16.2 Å². The van der Waals surface area contributed by atoms with E-state index in [2.05, 4.69) is 25.6 Å². The van der Waals surface area contributed by atoms with Crippen molar-refractivity contribution >= 4 is 31.8 Å². The third kappa shape index (κ3) is 2.46. The van der Waals surface area contributed by atoms with E-state index >= 15 is 0 Å². The molecule has 0 bridgehead atoms. The lowest BCUT2D eigenvalue weighted by molar-refractivity contribution is 0.410. The lowest BCUT2D eigenvalue weighted by Crippen LogP contribution is -2.18. The van der Waals surface area contributed by atoms with Gasteiger partial charge in [0.25, 0.3) is 0 Å². The Labute approximate surface area is 102 Å². The van der Waals surface area contributed by atoms with Crippen molar-refractivity contribution in [2.75, 3.05) is 11.8 Å². The zero-order valence-corrected chi connectivity index (χ0v) is 11.0. The molecular formula is C9H11BrN2O3S. The molecule has 16 heavy (non-hydrogen) atoms. The number of halogens is 1. The highest BCUT2D eigenvalue weighted by Gasteiger charge is 2.35. The van der Waals surface area contributed by atoms with E-state index in [0.717, 1.165) is 12.8 Å². The van der Waals surface area contributed by atoms with Gasteiger partial charge in [-0.1, -0.05) is 0 Å². The SMILES string of the molecule is COc1ccc(NS(=O)(=O)C2CC2)nc1Br. The standard InChI is InChI=1S/C9H11BrN2O3S/c1-15-7-4-5-8(11-9(7)10)12-16(13,14)6-2-3-6/h4-6H,2-3H2,1H3,(H,11,12). The number of anilines is 1. The van der Waals surface area contributed by atoms with Gasteiger partial charge in [0.1, 0.15) is 10.4 Å². The molecule has 1 N–H and O–H groups in total. The normalized spacial score (nSPS) is 15.9. The fourth-order valence-corrected chi connectivity index (χ4v) is 3.05. The number of methoxy groups -OCH3 is 1. The minimum atomic E-state index is -3.25. The molecule has 1 aromatic heterocycles. The number of ether oxygens (including phenoxy) is 1. The summed E-state index contributed by atoms with van der Waals surface area (Å²) in [6, 6.07) is 3.23. The summed E-state index contributed by atoms with van der Waals surface area (Å²) in [4.78, 5) is 4.04. The van der Waals surface area contributed by atoms with Crippen LogP contribution in [0.5, 0.6) is 5.75 Å². The van der Waals surface area contributed by atoms with Crippen LogP contribution in [0.2, 0.25) is 0 Å². The molecule has 1 heterocycles. The summed E-state index contributed by atoms with van der Waals surface area (Å²) in [5.41, 5.74) is 0. The van der Waals surface area contributed by atoms with E-state index in [1.807, 2.05) is 0 Å². The van der Waals surface area contributed by atoms with E-state index in [1.54, 1.807) is 12.1 Å². The maximum absolute atomic E-state index is 11.6. The van der Waals surface area contributed by atoms with Gasteiger partial charge in [-0.05, 0) is 40.9 Å². The Hall–Kier alpha value is -0.820. The van der Waals surface area contributed by atoms with Crippen molar-refractivity contribution in [3.63, 3.8) is 0 Å². The molecule has 1 aliphatic carbocycles. The fraction of sp³-hybridized carbons (Fsp3) is 0.444. The van der Waals surface area contributed by atoms with Gasteiger partial charge in [-0.2, -0.15) is 0 Å². The summed E-state index contributed by atoms with van der Waals surface area (Å²) in [7, 11) is -1.73. The molecule has 0 aromatic carbocycles. The molecule has 0 atom stereocenters. The minimum absolute atomic E-state index is 0.254. The van der Waals surface area contributed by atoms with Gasteiger partial charge in [-0.15, -0.1) is 0 Å². The monoisotopic (exact) mass is 306 g/mol. The van der Waals surface area contributed by atoms with E-state index in [9.17, 15) is 8.42 Å². The van der Waals surface area contributed by atoms with Crippen molar-refractivity contribution in [1.82, 2.24) is 4.98 Å². The quantitative estimate of drug-likeness (QED) is 0.861. The second-order valence-corrected chi connectivity index (χ2v) is 6.25. The fourth-order valence-electron chi connectivity index (χ4n) is 1.24. The third-order valence-corrected chi connectivity index (χ3v) is 4.66. The van der Waals surface area contributed by atoms with Gasteiger partial charge in [-0.25, -0.2) is 13.4 Å². The Balaban J connectivity index is 2.19. The highest BCUT2D eigenvalue weighted by molar-refractivity contribution is 9.10. The van der Waals surface area contributed by atoms with Crippen molar-refractivity contribution in [3.8, 4) is 5.75 Å². The number of hydrogen-bond acceptors (Lipinski definition) is 4. The molecule has 1 fully saturated rings. The molecule has 0 unspecified atom stereocenters. The molecule has 7 heteroatoms. The molecular weight excluding hydrogens is 296 g/mol. The van der Waals surface area contributed by atoms with Gasteiger partial charge < -0.3 is 4.74 Å². The summed E-state index contributed by atoms with van der Waals surface area (Å²) in [5.74, 6) is 0.869.